The number of hydrogen-bond acceptors (Lipinski definition) is 5. The van der Waals surface area contributed by atoms with Crippen LogP contribution in [-0.2, 0) is 6.42 Å². The molecule has 0 saturated carbocycles. The number of fused-ring (bicyclic) bond motifs is 1. The number of nitrogens with zero attached hydrogens (tertiary/aromatic N) is 3. The molecule has 28 heavy (non-hydrogen) atoms. The molecule has 0 saturated heterocycles. The number of carbonyl (C=O) groups excluding carboxylic acids is 1. The van der Waals surface area contributed by atoms with Crippen molar-refractivity contribution in [1.29, 1.82) is 0 Å². The summed E-state index contributed by atoms with van der Waals surface area (Å²) in [5, 5.41) is 7.92. The Kier molecular flexibility index (Phi) is 4.65. The van der Waals surface area contributed by atoms with Crippen LogP contribution in [0.25, 0.3) is 22.3 Å². The van der Waals surface area contributed by atoms with E-state index in [1.807, 2.05) is 45.0 Å². The number of H-pyrrole nitrogens is 2. The fourth-order valence-electron chi connectivity index (χ4n) is 3.18. The van der Waals surface area contributed by atoms with E-state index in [1.165, 1.54) is 0 Å². The fraction of sp³-hybridized carbons (Fsp3) is 0.238. The third kappa shape index (κ3) is 3.26. The van der Waals surface area contributed by atoms with Gasteiger partial charge >= 0.3 is 0 Å². The summed E-state index contributed by atoms with van der Waals surface area (Å²) in [6.45, 7) is 6.27. The van der Waals surface area contributed by atoms with Crippen LogP contribution in [-0.4, -0.2) is 37.5 Å². The van der Waals surface area contributed by atoms with Crippen molar-refractivity contribution in [3.63, 3.8) is 0 Å². The van der Waals surface area contributed by atoms with Gasteiger partial charge in [-0.25, -0.2) is 9.97 Å². The Bertz CT molecular complexity index is 1160. The van der Waals surface area contributed by atoms with Gasteiger partial charge in [-0.3, -0.25) is 9.89 Å². The molecule has 2 N–H and O–H groups in total. The molecule has 0 bridgehead atoms. The molecule has 4 heterocycles. The van der Waals surface area contributed by atoms with Crippen molar-refractivity contribution in [2.45, 2.75) is 27.2 Å². The van der Waals surface area contributed by atoms with E-state index >= 15 is 0 Å². The van der Waals surface area contributed by atoms with Gasteiger partial charge in [0.2, 0.25) is 5.88 Å². The molecule has 0 aliphatic heterocycles. The summed E-state index contributed by atoms with van der Waals surface area (Å²) >= 11 is 0. The minimum Gasteiger partial charge on any atom is -0.477 e. The smallest absolute Gasteiger partial charge is 0.222 e. The van der Waals surface area contributed by atoms with Gasteiger partial charge in [0, 0.05) is 35.5 Å². The molecule has 0 atom stereocenters. The largest absolute Gasteiger partial charge is 0.477 e. The monoisotopic (exact) mass is 375 g/mol. The van der Waals surface area contributed by atoms with Crippen molar-refractivity contribution in [3.8, 4) is 17.1 Å². The van der Waals surface area contributed by atoms with Crippen LogP contribution >= 0.6 is 0 Å². The summed E-state index contributed by atoms with van der Waals surface area (Å²) in [6.07, 6.45) is 3.69. The summed E-state index contributed by atoms with van der Waals surface area (Å²) in [4.78, 5) is 24.7. The Morgan fingerprint density at radius 3 is 2.82 bits per heavy atom. The Morgan fingerprint density at radius 2 is 2.07 bits per heavy atom. The summed E-state index contributed by atoms with van der Waals surface area (Å²) in [6, 6.07) is 7.80. The van der Waals surface area contributed by atoms with Crippen LogP contribution in [0.3, 0.4) is 0 Å². The SMILES string of the molecule is CCOc1ncccc1-c1cc2cc(CC(=O)c3n[nH]c(C)c3C)cnc2[nH]1. The number of aryl methyl sites for hydroxylation is 1. The normalized spacial score (nSPS) is 11.1. The highest BCUT2D eigenvalue weighted by atomic mass is 16.5. The fourth-order valence-corrected chi connectivity index (χ4v) is 3.18. The number of Topliss-reactive ketones (excluding diaryl/α,β-unsaturated/α-hetero) is 1. The van der Waals surface area contributed by atoms with Crippen LogP contribution in [0, 0.1) is 13.8 Å². The van der Waals surface area contributed by atoms with E-state index in [1.54, 1.807) is 12.4 Å². The Hall–Kier alpha value is -3.48. The minimum atomic E-state index is -0.0235. The number of carbonyl (C=O) groups is 1. The van der Waals surface area contributed by atoms with Gasteiger partial charge in [-0.15, -0.1) is 0 Å². The number of hydrogen-bond donors (Lipinski definition) is 2. The van der Waals surface area contributed by atoms with Gasteiger partial charge in [0.15, 0.2) is 5.78 Å². The van der Waals surface area contributed by atoms with Gasteiger partial charge in [0.1, 0.15) is 11.3 Å². The van der Waals surface area contributed by atoms with Crippen LogP contribution in [0.15, 0.2) is 36.7 Å². The molecule has 0 aliphatic rings. The predicted molar refractivity (Wildman–Crippen MR) is 107 cm³/mol. The van der Waals surface area contributed by atoms with Gasteiger partial charge in [-0.1, -0.05) is 0 Å². The third-order valence-electron chi connectivity index (χ3n) is 4.75. The van der Waals surface area contributed by atoms with E-state index < -0.39 is 0 Å². The van der Waals surface area contributed by atoms with Crippen LogP contribution in [0.1, 0.15) is 34.2 Å². The molecular formula is C21H21N5O2. The van der Waals surface area contributed by atoms with E-state index in [0.29, 0.717) is 18.2 Å². The summed E-state index contributed by atoms with van der Waals surface area (Å²) in [5.41, 5.74) is 5.65. The molecular weight excluding hydrogens is 354 g/mol. The molecule has 0 aromatic carbocycles. The van der Waals surface area contributed by atoms with Crippen molar-refractivity contribution >= 4 is 16.8 Å². The molecule has 4 aromatic rings. The first-order valence-electron chi connectivity index (χ1n) is 9.17. The molecule has 4 rings (SSSR count). The first kappa shape index (κ1) is 17.9. The predicted octanol–water partition coefficient (Wildman–Crippen LogP) is 3.79. The maximum absolute atomic E-state index is 12.6. The Labute approximate surface area is 162 Å². The second-order valence-electron chi connectivity index (χ2n) is 6.68. The highest BCUT2D eigenvalue weighted by Crippen LogP contribution is 2.29. The van der Waals surface area contributed by atoms with Gasteiger partial charge in [-0.2, -0.15) is 5.10 Å². The second kappa shape index (κ2) is 7.26. The zero-order valence-corrected chi connectivity index (χ0v) is 16.0. The van der Waals surface area contributed by atoms with Crippen molar-refractivity contribution in [2.75, 3.05) is 6.61 Å². The molecule has 0 aliphatic carbocycles. The summed E-state index contributed by atoms with van der Waals surface area (Å²) in [7, 11) is 0. The van der Waals surface area contributed by atoms with Gasteiger partial charge in [0.25, 0.3) is 0 Å². The summed E-state index contributed by atoms with van der Waals surface area (Å²) in [5.74, 6) is 0.556. The first-order chi connectivity index (χ1) is 13.6. The molecule has 0 spiro atoms. The minimum absolute atomic E-state index is 0.0235. The lowest BCUT2D eigenvalue weighted by molar-refractivity contribution is 0.0987. The van der Waals surface area contributed by atoms with Crippen LogP contribution in [0.5, 0.6) is 5.88 Å². The number of ketones is 1. The lowest BCUT2D eigenvalue weighted by atomic mass is 10.0. The number of ether oxygens (including phenoxy) is 1. The first-order valence-corrected chi connectivity index (χ1v) is 9.17. The quantitative estimate of drug-likeness (QED) is 0.500. The van der Waals surface area contributed by atoms with Gasteiger partial charge < -0.3 is 9.72 Å². The average Bonchev–Trinajstić information content (AvgIpc) is 3.26. The van der Waals surface area contributed by atoms with E-state index in [4.69, 9.17) is 4.74 Å². The number of aromatic amines is 2. The van der Waals surface area contributed by atoms with Crippen LogP contribution < -0.4 is 4.74 Å². The molecule has 142 valence electrons. The van der Waals surface area contributed by atoms with E-state index in [-0.39, 0.29) is 12.2 Å². The number of aromatic nitrogens is 5. The Morgan fingerprint density at radius 1 is 1.21 bits per heavy atom. The molecule has 0 radical (unpaired) electrons. The molecule has 7 heteroatoms. The molecule has 0 fully saturated rings. The Balaban J connectivity index is 1.64. The highest BCUT2D eigenvalue weighted by Gasteiger charge is 2.16. The van der Waals surface area contributed by atoms with Crippen LogP contribution in [0.2, 0.25) is 0 Å². The average molecular weight is 375 g/mol. The molecule has 0 amide bonds. The van der Waals surface area contributed by atoms with Crippen LogP contribution in [0.4, 0.5) is 0 Å². The molecule has 4 aromatic heterocycles. The third-order valence-corrected chi connectivity index (χ3v) is 4.75. The van der Waals surface area contributed by atoms with Crippen molar-refractivity contribution in [1.82, 2.24) is 25.1 Å². The van der Waals surface area contributed by atoms with Gasteiger partial charge in [-0.05, 0) is 50.6 Å². The maximum atomic E-state index is 12.6. The van der Waals surface area contributed by atoms with E-state index in [0.717, 1.165) is 39.1 Å². The molecule has 7 nitrogen and oxygen atoms in total. The van der Waals surface area contributed by atoms with Crippen molar-refractivity contribution < 1.29 is 9.53 Å². The van der Waals surface area contributed by atoms with E-state index in [9.17, 15) is 4.79 Å². The van der Waals surface area contributed by atoms with Gasteiger partial charge in [0.05, 0.1) is 17.9 Å². The highest BCUT2D eigenvalue weighted by molar-refractivity contribution is 5.97. The maximum Gasteiger partial charge on any atom is 0.222 e. The zero-order valence-electron chi connectivity index (χ0n) is 16.0. The topological polar surface area (TPSA) is 96.6 Å². The zero-order chi connectivity index (χ0) is 19.7. The lowest BCUT2D eigenvalue weighted by Crippen LogP contribution is -2.06. The number of nitrogens with one attached hydrogen (secondary N) is 2. The van der Waals surface area contributed by atoms with Crippen molar-refractivity contribution in [2.24, 2.45) is 0 Å². The lowest BCUT2D eigenvalue weighted by Gasteiger charge is -2.06. The number of rotatable bonds is 6. The van der Waals surface area contributed by atoms with Crippen molar-refractivity contribution in [3.05, 3.63) is 59.2 Å². The number of pyridine rings is 2. The van der Waals surface area contributed by atoms with E-state index in [2.05, 4.69) is 25.1 Å². The molecule has 0 unspecified atom stereocenters. The second-order valence-corrected chi connectivity index (χ2v) is 6.68. The summed E-state index contributed by atoms with van der Waals surface area (Å²) < 4.78 is 5.62. The standard InChI is InChI=1S/C21H21N5O2/c1-4-28-21-16(6-5-7-22-21)17-10-15-8-14(11-23-20(15)24-17)9-18(27)19-12(2)13(3)25-26-19/h5-8,10-11H,4,9H2,1-3H3,(H,23,24)(H,25,26).